The van der Waals surface area contributed by atoms with Gasteiger partial charge in [0.2, 0.25) is 5.91 Å². The van der Waals surface area contributed by atoms with Crippen molar-refractivity contribution in [2.24, 2.45) is 0 Å². The van der Waals surface area contributed by atoms with Gasteiger partial charge in [0, 0.05) is 20.0 Å². The molecular weight excluding hydrogens is 244 g/mol. The first-order chi connectivity index (χ1) is 9.13. The molecule has 1 atom stereocenters. The Bertz CT molecular complexity index is 406. The summed E-state index contributed by atoms with van der Waals surface area (Å²) in [5, 5.41) is 5.75. The van der Waals surface area contributed by atoms with Crippen LogP contribution in [0.3, 0.4) is 0 Å². The van der Waals surface area contributed by atoms with Crippen LogP contribution >= 0.6 is 0 Å². The van der Waals surface area contributed by atoms with Crippen LogP contribution in [0.15, 0.2) is 30.3 Å². The molecule has 0 saturated heterocycles. The molecule has 5 nitrogen and oxygen atoms in total. The molecule has 1 unspecified atom stereocenters. The second-order valence-electron chi connectivity index (χ2n) is 4.20. The number of ether oxygens (including phenoxy) is 1. The molecule has 0 bridgehead atoms. The normalized spacial score (nSPS) is 11.7. The predicted octanol–water partition coefficient (Wildman–Crippen LogP) is 0.496. The van der Waals surface area contributed by atoms with E-state index in [9.17, 15) is 9.59 Å². The average molecular weight is 264 g/mol. The summed E-state index contributed by atoms with van der Waals surface area (Å²) in [6.45, 7) is 2.46. The molecule has 0 radical (unpaired) electrons. The van der Waals surface area contributed by atoms with Crippen molar-refractivity contribution in [2.75, 3.05) is 20.2 Å². The van der Waals surface area contributed by atoms with E-state index in [1.165, 1.54) is 14.0 Å². The van der Waals surface area contributed by atoms with Crippen molar-refractivity contribution in [1.82, 2.24) is 10.6 Å². The van der Waals surface area contributed by atoms with E-state index >= 15 is 0 Å². The van der Waals surface area contributed by atoms with Crippen LogP contribution in [0.1, 0.15) is 12.5 Å². The molecule has 0 aliphatic carbocycles. The summed E-state index contributed by atoms with van der Waals surface area (Å²) < 4.78 is 4.77. The van der Waals surface area contributed by atoms with E-state index in [4.69, 9.17) is 4.74 Å². The van der Waals surface area contributed by atoms with E-state index in [0.717, 1.165) is 5.56 Å². The van der Waals surface area contributed by atoms with Gasteiger partial charge < -0.3 is 15.4 Å². The number of esters is 1. The van der Waals surface area contributed by atoms with Crippen LogP contribution in [-0.4, -0.2) is 38.1 Å². The fourth-order valence-electron chi connectivity index (χ4n) is 1.72. The molecule has 1 aromatic rings. The fourth-order valence-corrected chi connectivity index (χ4v) is 1.72. The van der Waals surface area contributed by atoms with Gasteiger partial charge >= 0.3 is 5.97 Å². The van der Waals surface area contributed by atoms with Crippen LogP contribution in [0, 0.1) is 0 Å². The van der Waals surface area contributed by atoms with Crippen molar-refractivity contribution in [3.63, 3.8) is 0 Å². The summed E-state index contributed by atoms with van der Waals surface area (Å²) in [6, 6.07) is 9.32. The molecule has 0 heterocycles. The van der Waals surface area contributed by atoms with Crippen molar-refractivity contribution in [3.8, 4) is 0 Å². The zero-order chi connectivity index (χ0) is 14.1. The lowest BCUT2D eigenvalue weighted by Crippen LogP contribution is -2.43. The van der Waals surface area contributed by atoms with Gasteiger partial charge in [0.15, 0.2) is 0 Å². The molecular formula is C14H20N2O3. The summed E-state index contributed by atoms with van der Waals surface area (Å²) >= 11 is 0. The molecule has 0 aliphatic rings. The fraction of sp³-hybridized carbons (Fsp3) is 0.429. The number of benzene rings is 1. The van der Waals surface area contributed by atoms with Crippen LogP contribution in [0.25, 0.3) is 0 Å². The van der Waals surface area contributed by atoms with E-state index in [-0.39, 0.29) is 11.9 Å². The minimum absolute atomic E-state index is 0.0838. The van der Waals surface area contributed by atoms with Crippen molar-refractivity contribution in [3.05, 3.63) is 35.9 Å². The molecule has 5 heteroatoms. The monoisotopic (exact) mass is 264 g/mol. The van der Waals surface area contributed by atoms with E-state index in [0.29, 0.717) is 19.5 Å². The van der Waals surface area contributed by atoms with Crippen LogP contribution in [0.4, 0.5) is 0 Å². The summed E-state index contributed by atoms with van der Waals surface area (Å²) in [4.78, 5) is 22.4. The van der Waals surface area contributed by atoms with Gasteiger partial charge in [-0.25, -0.2) is 0 Å². The summed E-state index contributed by atoms with van der Waals surface area (Å²) in [7, 11) is 1.37. The number of nitrogens with one attached hydrogen (secondary N) is 2. The SMILES string of the molecule is COC(=O)C(Cc1ccccc1)NCCNC(C)=O. The van der Waals surface area contributed by atoms with E-state index in [1.807, 2.05) is 30.3 Å². The molecule has 0 spiro atoms. The number of hydrogen-bond acceptors (Lipinski definition) is 4. The van der Waals surface area contributed by atoms with Crippen LogP contribution < -0.4 is 10.6 Å². The molecule has 2 N–H and O–H groups in total. The zero-order valence-corrected chi connectivity index (χ0v) is 11.3. The van der Waals surface area contributed by atoms with Crippen molar-refractivity contribution >= 4 is 11.9 Å². The lowest BCUT2D eigenvalue weighted by molar-refractivity contribution is -0.143. The van der Waals surface area contributed by atoms with Gasteiger partial charge in [-0.1, -0.05) is 30.3 Å². The van der Waals surface area contributed by atoms with Crippen molar-refractivity contribution < 1.29 is 14.3 Å². The third-order valence-corrected chi connectivity index (χ3v) is 2.66. The maximum atomic E-state index is 11.7. The highest BCUT2D eigenvalue weighted by atomic mass is 16.5. The molecule has 104 valence electrons. The third kappa shape index (κ3) is 6.01. The highest BCUT2D eigenvalue weighted by Gasteiger charge is 2.18. The molecule has 1 amide bonds. The molecule has 0 aliphatic heterocycles. The Morgan fingerprint density at radius 1 is 1.21 bits per heavy atom. The second-order valence-corrected chi connectivity index (χ2v) is 4.20. The van der Waals surface area contributed by atoms with Crippen LogP contribution in [0.2, 0.25) is 0 Å². The van der Waals surface area contributed by atoms with Crippen molar-refractivity contribution in [1.29, 1.82) is 0 Å². The molecule has 19 heavy (non-hydrogen) atoms. The first-order valence-corrected chi connectivity index (χ1v) is 6.23. The standard InChI is InChI=1S/C14H20N2O3/c1-11(17)15-8-9-16-13(14(18)19-2)10-12-6-4-3-5-7-12/h3-7,13,16H,8-10H2,1-2H3,(H,15,17). The van der Waals surface area contributed by atoms with E-state index < -0.39 is 6.04 Å². The van der Waals surface area contributed by atoms with Gasteiger partial charge in [-0.2, -0.15) is 0 Å². The number of carbonyl (C=O) groups excluding carboxylic acids is 2. The predicted molar refractivity (Wildman–Crippen MR) is 72.6 cm³/mol. The first-order valence-electron chi connectivity index (χ1n) is 6.23. The molecule has 0 fully saturated rings. The Morgan fingerprint density at radius 3 is 2.47 bits per heavy atom. The second kappa shape index (κ2) is 8.26. The topological polar surface area (TPSA) is 67.4 Å². The maximum absolute atomic E-state index is 11.7. The highest BCUT2D eigenvalue weighted by molar-refractivity contribution is 5.76. The Balaban J connectivity index is 2.48. The summed E-state index contributed by atoms with van der Waals surface area (Å²) in [5.41, 5.74) is 1.06. The van der Waals surface area contributed by atoms with Gasteiger partial charge in [-0.3, -0.25) is 9.59 Å². The smallest absolute Gasteiger partial charge is 0.323 e. The number of carbonyl (C=O) groups is 2. The van der Waals surface area contributed by atoms with Crippen LogP contribution in [-0.2, 0) is 20.7 Å². The Kier molecular flexibility index (Phi) is 6.60. The molecule has 1 aromatic carbocycles. The van der Waals surface area contributed by atoms with Gasteiger partial charge in [-0.05, 0) is 12.0 Å². The third-order valence-electron chi connectivity index (χ3n) is 2.66. The number of hydrogen-bond donors (Lipinski definition) is 2. The van der Waals surface area contributed by atoms with Gasteiger partial charge in [-0.15, -0.1) is 0 Å². The number of amides is 1. The van der Waals surface area contributed by atoms with Gasteiger partial charge in [0.25, 0.3) is 0 Å². The van der Waals surface area contributed by atoms with Gasteiger partial charge in [0.05, 0.1) is 7.11 Å². The number of methoxy groups -OCH3 is 1. The Hall–Kier alpha value is -1.88. The zero-order valence-electron chi connectivity index (χ0n) is 11.3. The maximum Gasteiger partial charge on any atom is 0.323 e. The minimum Gasteiger partial charge on any atom is -0.468 e. The van der Waals surface area contributed by atoms with Crippen molar-refractivity contribution in [2.45, 2.75) is 19.4 Å². The lowest BCUT2D eigenvalue weighted by Gasteiger charge is -2.16. The van der Waals surface area contributed by atoms with E-state index in [1.54, 1.807) is 0 Å². The Morgan fingerprint density at radius 2 is 1.89 bits per heavy atom. The molecule has 0 saturated carbocycles. The summed E-state index contributed by atoms with van der Waals surface area (Å²) in [6.07, 6.45) is 0.563. The summed E-state index contributed by atoms with van der Waals surface area (Å²) in [5.74, 6) is -0.383. The van der Waals surface area contributed by atoms with Gasteiger partial charge in [0.1, 0.15) is 6.04 Å². The number of rotatable bonds is 7. The average Bonchev–Trinajstić information content (AvgIpc) is 2.42. The quantitative estimate of drug-likeness (QED) is 0.556. The van der Waals surface area contributed by atoms with Crippen LogP contribution in [0.5, 0.6) is 0 Å². The lowest BCUT2D eigenvalue weighted by atomic mass is 10.1. The largest absolute Gasteiger partial charge is 0.468 e. The van der Waals surface area contributed by atoms with E-state index in [2.05, 4.69) is 10.6 Å². The first kappa shape index (κ1) is 15.2. The minimum atomic E-state index is -0.402. The molecule has 1 rings (SSSR count). The molecule has 0 aromatic heterocycles. The highest BCUT2D eigenvalue weighted by Crippen LogP contribution is 2.04. The Labute approximate surface area is 113 Å².